The van der Waals surface area contributed by atoms with E-state index in [1.54, 1.807) is 0 Å². The molecule has 0 fully saturated rings. The normalized spacial score (nSPS) is 11.2. The van der Waals surface area contributed by atoms with Gasteiger partial charge in [0, 0.05) is 0 Å². The highest BCUT2D eigenvalue weighted by Crippen LogP contribution is 2.20. The molecule has 80 valence electrons. The Kier molecular flexibility index (Phi) is 3.17. The maximum atomic E-state index is 12.3. The number of benzene rings is 2. The van der Waals surface area contributed by atoms with E-state index in [-0.39, 0.29) is 0 Å². The van der Waals surface area contributed by atoms with E-state index >= 15 is 0 Å². The first kappa shape index (κ1) is 11.0. The molecule has 0 saturated carbocycles. The van der Waals surface area contributed by atoms with Crippen molar-refractivity contribution in [2.45, 2.75) is 13.8 Å². The maximum absolute atomic E-state index is 12.3. The molecule has 1 unspecified atom stereocenters. The molecule has 0 bridgehead atoms. The van der Waals surface area contributed by atoms with E-state index in [2.05, 4.69) is 6.92 Å². The van der Waals surface area contributed by atoms with Crippen LogP contribution in [-0.2, 0) is 4.57 Å². The van der Waals surface area contributed by atoms with Crippen molar-refractivity contribution >= 4 is 18.4 Å². The largest absolute Gasteiger partial charge is 0.415 e. The van der Waals surface area contributed by atoms with Gasteiger partial charge in [-0.05, 0) is 49.2 Å². The van der Waals surface area contributed by atoms with E-state index in [1.807, 2.05) is 55.5 Å². The first-order valence-electron chi connectivity index (χ1n) is 5.28. The van der Waals surface area contributed by atoms with Crippen molar-refractivity contribution in [1.82, 2.24) is 0 Å². The van der Waals surface area contributed by atoms with Gasteiger partial charge in [-0.2, -0.15) is 0 Å². The minimum Gasteiger partial charge on any atom is -0.0619 e. The molecule has 1 atom stereocenters. The van der Waals surface area contributed by atoms with Crippen molar-refractivity contribution in [2.24, 2.45) is 0 Å². The highest BCUT2D eigenvalue weighted by molar-refractivity contribution is 7.61. The smallest absolute Gasteiger partial charge is 0.0619 e. The van der Waals surface area contributed by atoms with Gasteiger partial charge < -0.3 is 0 Å². The molecule has 2 rings (SSSR count). The van der Waals surface area contributed by atoms with Crippen LogP contribution in [0.15, 0.2) is 48.5 Å². The zero-order valence-corrected chi connectivity index (χ0v) is 10.4. The summed E-state index contributed by atoms with van der Waals surface area (Å²) in [4.78, 5) is 0. The lowest BCUT2D eigenvalue weighted by Gasteiger charge is -1.97. The Bertz CT molecular complexity index is 518. The molecule has 0 aliphatic carbocycles. The summed E-state index contributed by atoms with van der Waals surface area (Å²) in [6.07, 6.45) is 0. The quantitative estimate of drug-likeness (QED) is 0.723. The summed E-state index contributed by atoms with van der Waals surface area (Å²) >= 11 is 0. The third kappa shape index (κ3) is 2.20. The van der Waals surface area contributed by atoms with Crippen LogP contribution in [-0.4, -0.2) is 0 Å². The summed E-state index contributed by atoms with van der Waals surface area (Å²) in [5.74, 6) is 0. The number of rotatable bonds is 2. The molecular formula is C14H14OP+. The predicted molar refractivity (Wildman–Crippen MR) is 69.2 cm³/mol. The van der Waals surface area contributed by atoms with Crippen molar-refractivity contribution in [2.75, 3.05) is 0 Å². The molecule has 1 nitrogen and oxygen atoms in total. The summed E-state index contributed by atoms with van der Waals surface area (Å²) in [5, 5.41) is 1.80. The van der Waals surface area contributed by atoms with E-state index < -0.39 is 7.80 Å². The van der Waals surface area contributed by atoms with Crippen LogP contribution in [0.3, 0.4) is 0 Å². The summed E-state index contributed by atoms with van der Waals surface area (Å²) < 4.78 is 12.3. The Morgan fingerprint density at radius 2 is 1.50 bits per heavy atom. The van der Waals surface area contributed by atoms with Gasteiger partial charge in [-0.25, -0.2) is 0 Å². The van der Waals surface area contributed by atoms with Gasteiger partial charge >= 0.3 is 7.80 Å². The van der Waals surface area contributed by atoms with E-state index in [9.17, 15) is 4.57 Å². The van der Waals surface area contributed by atoms with Crippen LogP contribution in [0.2, 0.25) is 0 Å². The molecule has 2 heteroatoms. The molecule has 16 heavy (non-hydrogen) atoms. The van der Waals surface area contributed by atoms with Crippen LogP contribution < -0.4 is 10.6 Å². The number of aryl methyl sites for hydroxylation is 2. The van der Waals surface area contributed by atoms with Gasteiger partial charge in [0.25, 0.3) is 0 Å². The van der Waals surface area contributed by atoms with Crippen molar-refractivity contribution in [1.29, 1.82) is 0 Å². The Morgan fingerprint density at radius 1 is 0.812 bits per heavy atom. The molecule has 0 aromatic heterocycles. The Morgan fingerprint density at radius 3 is 2.12 bits per heavy atom. The monoisotopic (exact) mass is 229 g/mol. The van der Waals surface area contributed by atoms with Crippen LogP contribution in [0.25, 0.3) is 0 Å². The Balaban J connectivity index is 2.39. The second-order valence-corrected chi connectivity index (χ2v) is 5.52. The summed E-state index contributed by atoms with van der Waals surface area (Å²) in [6.45, 7) is 4.11. The van der Waals surface area contributed by atoms with E-state index in [0.717, 1.165) is 10.6 Å². The molecule has 0 N–H and O–H groups in total. The van der Waals surface area contributed by atoms with Gasteiger partial charge in [0.05, 0.1) is 0 Å². The fraction of sp³-hybridized carbons (Fsp3) is 0.143. The fourth-order valence-electron chi connectivity index (χ4n) is 1.56. The minimum atomic E-state index is -1.45. The molecule has 2 aromatic rings. The van der Waals surface area contributed by atoms with Gasteiger partial charge in [-0.1, -0.05) is 28.8 Å². The second kappa shape index (κ2) is 4.59. The molecule has 0 amide bonds. The van der Waals surface area contributed by atoms with Gasteiger partial charge in [0.1, 0.15) is 0 Å². The third-order valence-corrected chi connectivity index (χ3v) is 4.23. The zero-order chi connectivity index (χ0) is 11.5. The lowest BCUT2D eigenvalue weighted by atomic mass is 10.1. The molecule has 0 aliphatic rings. The van der Waals surface area contributed by atoms with Crippen molar-refractivity contribution in [3.63, 3.8) is 0 Å². The van der Waals surface area contributed by atoms with Crippen molar-refractivity contribution < 1.29 is 4.57 Å². The Hall–Kier alpha value is -1.46. The minimum absolute atomic E-state index is 0.890. The van der Waals surface area contributed by atoms with E-state index in [0.29, 0.717) is 0 Å². The fourth-order valence-corrected chi connectivity index (χ4v) is 2.83. The summed E-state index contributed by atoms with van der Waals surface area (Å²) in [6, 6.07) is 15.6. The lowest BCUT2D eigenvalue weighted by molar-refractivity contribution is 0.598. The van der Waals surface area contributed by atoms with Gasteiger partial charge in [-0.3, -0.25) is 0 Å². The molecule has 2 aromatic carbocycles. The topological polar surface area (TPSA) is 17.1 Å². The van der Waals surface area contributed by atoms with Gasteiger partial charge in [0.2, 0.25) is 0 Å². The van der Waals surface area contributed by atoms with Crippen LogP contribution in [0.5, 0.6) is 0 Å². The van der Waals surface area contributed by atoms with Crippen LogP contribution in [0, 0.1) is 13.8 Å². The van der Waals surface area contributed by atoms with E-state index in [4.69, 9.17) is 0 Å². The highest BCUT2D eigenvalue weighted by Gasteiger charge is 2.22. The molecule has 0 spiro atoms. The van der Waals surface area contributed by atoms with Crippen LogP contribution >= 0.6 is 7.80 Å². The average Bonchev–Trinajstić information content (AvgIpc) is 2.33. The molecule has 0 aliphatic heterocycles. The van der Waals surface area contributed by atoms with Crippen molar-refractivity contribution in [3.8, 4) is 0 Å². The van der Waals surface area contributed by atoms with Gasteiger partial charge in [-0.15, -0.1) is 0 Å². The molecular weight excluding hydrogens is 215 g/mol. The lowest BCUT2D eigenvalue weighted by Crippen LogP contribution is -2.06. The third-order valence-electron chi connectivity index (χ3n) is 2.72. The summed E-state index contributed by atoms with van der Waals surface area (Å²) in [5.41, 5.74) is 2.43. The zero-order valence-electron chi connectivity index (χ0n) is 9.47. The second-order valence-electron chi connectivity index (χ2n) is 3.90. The standard InChI is InChI=1S/C14H14OP/c1-11-8-9-14(10-12(11)2)16(15)13-6-4-3-5-7-13/h3-10H,1-2H3/q+1. The van der Waals surface area contributed by atoms with Gasteiger partial charge in [0.15, 0.2) is 10.6 Å². The first-order chi connectivity index (χ1) is 7.68. The SMILES string of the molecule is Cc1ccc([P+](=O)c2ccccc2)cc1C. The number of hydrogen-bond acceptors (Lipinski definition) is 1. The van der Waals surface area contributed by atoms with Crippen LogP contribution in [0.4, 0.5) is 0 Å². The number of hydrogen-bond donors (Lipinski definition) is 0. The Labute approximate surface area is 96.9 Å². The molecule has 0 heterocycles. The molecule has 0 radical (unpaired) electrons. The van der Waals surface area contributed by atoms with Crippen LogP contribution in [0.1, 0.15) is 11.1 Å². The maximum Gasteiger partial charge on any atom is 0.415 e. The summed E-state index contributed by atoms with van der Waals surface area (Å²) in [7, 11) is -1.45. The highest BCUT2D eigenvalue weighted by atomic mass is 31.1. The predicted octanol–water partition coefficient (Wildman–Crippen LogP) is 3.08. The average molecular weight is 229 g/mol. The van der Waals surface area contributed by atoms with Crippen molar-refractivity contribution in [3.05, 3.63) is 59.7 Å². The first-order valence-corrected chi connectivity index (χ1v) is 6.54. The molecule has 0 saturated heterocycles. The van der Waals surface area contributed by atoms with E-state index in [1.165, 1.54) is 11.1 Å².